The lowest BCUT2D eigenvalue weighted by Crippen LogP contribution is -2.25. The van der Waals surface area contributed by atoms with Crippen LogP contribution in [0.5, 0.6) is 0 Å². The molecule has 0 aromatic carbocycles. The first kappa shape index (κ1) is 10.2. The molecular weight excluding hydrogens is 192 g/mol. The van der Waals surface area contributed by atoms with E-state index in [1.54, 1.807) is 0 Å². The molecule has 82 valence electrons. The van der Waals surface area contributed by atoms with Gasteiger partial charge in [0.15, 0.2) is 0 Å². The van der Waals surface area contributed by atoms with Crippen molar-refractivity contribution in [3.63, 3.8) is 0 Å². The van der Waals surface area contributed by atoms with E-state index < -0.39 is 0 Å². The van der Waals surface area contributed by atoms with E-state index in [0.717, 1.165) is 37.6 Å². The molecule has 0 saturated carbocycles. The summed E-state index contributed by atoms with van der Waals surface area (Å²) in [6.45, 7) is 3.84. The Hall–Kier alpha value is -1.36. The molecule has 2 heterocycles. The summed E-state index contributed by atoms with van der Waals surface area (Å²) in [5.74, 6) is 1.77. The number of nitrogens with zero attached hydrogens (tertiary/aromatic N) is 2. The Labute approximate surface area is 88.9 Å². The average Bonchev–Trinajstić information content (AvgIpc) is 2.90. The van der Waals surface area contributed by atoms with E-state index in [1.807, 2.05) is 0 Å². The second-order valence-corrected chi connectivity index (χ2v) is 3.50. The average molecular weight is 208 g/mol. The Bertz CT molecular complexity index is 320. The number of nitrogens with one attached hydrogen (secondary N) is 2. The summed E-state index contributed by atoms with van der Waals surface area (Å²) in [4.78, 5) is 4.16. The summed E-state index contributed by atoms with van der Waals surface area (Å²) in [7, 11) is 0. The van der Waals surface area contributed by atoms with Crippen LogP contribution in [-0.2, 0) is 4.74 Å². The van der Waals surface area contributed by atoms with Crippen LogP contribution >= 0.6 is 0 Å². The first-order valence-corrected chi connectivity index (χ1v) is 5.33. The molecule has 0 saturated heterocycles. The van der Waals surface area contributed by atoms with Crippen LogP contribution in [-0.4, -0.2) is 28.3 Å². The van der Waals surface area contributed by atoms with Crippen molar-refractivity contribution < 1.29 is 4.74 Å². The number of aromatic nitrogens is 3. The van der Waals surface area contributed by atoms with Crippen LogP contribution in [0.2, 0.25) is 0 Å². The van der Waals surface area contributed by atoms with Gasteiger partial charge in [-0.1, -0.05) is 6.92 Å². The van der Waals surface area contributed by atoms with Crippen molar-refractivity contribution in [1.29, 1.82) is 0 Å². The van der Waals surface area contributed by atoms with Gasteiger partial charge in [-0.2, -0.15) is 5.10 Å². The minimum atomic E-state index is 0.0231. The van der Waals surface area contributed by atoms with Crippen molar-refractivity contribution in [3.05, 3.63) is 24.0 Å². The van der Waals surface area contributed by atoms with E-state index in [9.17, 15) is 0 Å². The van der Waals surface area contributed by atoms with Gasteiger partial charge in [-0.15, -0.1) is 0 Å². The van der Waals surface area contributed by atoms with Gasteiger partial charge in [-0.3, -0.25) is 5.10 Å². The lowest BCUT2D eigenvalue weighted by Gasteiger charge is -2.16. The van der Waals surface area contributed by atoms with Gasteiger partial charge in [-0.05, 0) is 19.0 Å². The summed E-state index contributed by atoms with van der Waals surface area (Å²) >= 11 is 0. The van der Waals surface area contributed by atoms with Gasteiger partial charge in [0.2, 0.25) is 0 Å². The lowest BCUT2D eigenvalue weighted by atomic mass is 10.2. The van der Waals surface area contributed by atoms with Crippen LogP contribution in [0.1, 0.15) is 31.6 Å². The fourth-order valence-corrected chi connectivity index (χ4v) is 1.61. The Kier molecular flexibility index (Phi) is 3.34. The number of aromatic amines is 1. The Morgan fingerprint density at radius 3 is 3.20 bits per heavy atom. The highest BCUT2D eigenvalue weighted by Crippen LogP contribution is 2.23. The lowest BCUT2D eigenvalue weighted by molar-refractivity contribution is 0.213. The molecule has 2 N–H and O–H groups in total. The zero-order valence-electron chi connectivity index (χ0n) is 8.86. The van der Waals surface area contributed by atoms with Crippen LogP contribution in [0.25, 0.3) is 0 Å². The third-order valence-electron chi connectivity index (χ3n) is 2.32. The predicted octanol–water partition coefficient (Wildman–Crippen LogP) is 1.15. The number of rotatable bonds is 5. The molecule has 15 heavy (non-hydrogen) atoms. The molecule has 1 aliphatic heterocycles. The largest absolute Gasteiger partial charge is 0.496 e. The maximum Gasteiger partial charge on any atom is 0.149 e. The molecule has 1 atom stereocenters. The topological polar surface area (TPSA) is 62.8 Å². The van der Waals surface area contributed by atoms with Gasteiger partial charge < -0.3 is 10.1 Å². The Morgan fingerprint density at radius 1 is 1.67 bits per heavy atom. The van der Waals surface area contributed by atoms with E-state index in [0.29, 0.717) is 0 Å². The molecule has 2 rings (SSSR count). The molecule has 0 fully saturated rings. The standard InChI is InChI=1S/C10H16N4O/c1-2-5-11-9(8-4-3-6-15-8)10-12-7-13-14-10/h4,7,9,11H,2-3,5-6H2,1H3,(H,12,13,14). The van der Waals surface area contributed by atoms with Gasteiger partial charge >= 0.3 is 0 Å². The van der Waals surface area contributed by atoms with E-state index >= 15 is 0 Å². The highest BCUT2D eigenvalue weighted by atomic mass is 16.5. The van der Waals surface area contributed by atoms with Crippen molar-refractivity contribution in [2.24, 2.45) is 0 Å². The fourth-order valence-electron chi connectivity index (χ4n) is 1.61. The van der Waals surface area contributed by atoms with Crippen molar-refractivity contribution >= 4 is 0 Å². The smallest absolute Gasteiger partial charge is 0.149 e. The van der Waals surface area contributed by atoms with Crippen molar-refractivity contribution in [3.8, 4) is 0 Å². The summed E-state index contributed by atoms with van der Waals surface area (Å²) < 4.78 is 5.55. The highest BCUT2D eigenvalue weighted by molar-refractivity contribution is 5.13. The molecular formula is C10H16N4O. The predicted molar refractivity (Wildman–Crippen MR) is 56.1 cm³/mol. The number of ether oxygens (including phenoxy) is 1. The second kappa shape index (κ2) is 4.93. The van der Waals surface area contributed by atoms with Crippen LogP contribution < -0.4 is 5.32 Å². The molecule has 0 spiro atoms. The zero-order valence-corrected chi connectivity index (χ0v) is 8.86. The molecule has 1 aromatic heterocycles. The second-order valence-electron chi connectivity index (χ2n) is 3.50. The molecule has 5 nitrogen and oxygen atoms in total. The number of hydrogen-bond donors (Lipinski definition) is 2. The maximum absolute atomic E-state index is 5.55. The molecule has 0 amide bonds. The quantitative estimate of drug-likeness (QED) is 0.762. The van der Waals surface area contributed by atoms with Crippen molar-refractivity contribution in [2.75, 3.05) is 13.2 Å². The minimum absolute atomic E-state index is 0.0231. The highest BCUT2D eigenvalue weighted by Gasteiger charge is 2.22. The van der Waals surface area contributed by atoms with Gasteiger partial charge in [-0.25, -0.2) is 4.98 Å². The molecule has 0 radical (unpaired) electrons. The molecule has 1 unspecified atom stereocenters. The van der Waals surface area contributed by atoms with Crippen LogP contribution in [0.4, 0.5) is 0 Å². The zero-order chi connectivity index (χ0) is 10.5. The number of H-pyrrole nitrogens is 1. The van der Waals surface area contributed by atoms with Crippen molar-refractivity contribution in [2.45, 2.75) is 25.8 Å². The summed E-state index contributed by atoms with van der Waals surface area (Å²) in [6, 6.07) is 0.0231. The van der Waals surface area contributed by atoms with E-state index in [2.05, 4.69) is 33.5 Å². The molecule has 1 aromatic rings. The molecule has 0 aliphatic carbocycles. The van der Waals surface area contributed by atoms with Gasteiger partial charge in [0.1, 0.15) is 24.0 Å². The van der Waals surface area contributed by atoms with Crippen molar-refractivity contribution in [1.82, 2.24) is 20.5 Å². The van der Waals surface area contributed by atoms with Crippen LogP contribution in [0, 0.1) is 0 Å². The first-order chi connectivity index (χ1) is 7.42. The Morgan fingerprint density at radius 2 is 2.60 bits per heavy atom. The van der Waals surface area contributed by atoms with E-state index in [-0.39, 0.29) is 6.04 Å². The van der Waals surface area contributed by atoms with Gasteiger partial charge in [0.05, 0.1) is 6.61 Å². The molecule has 0 bridgehead atoms. The third-order valence-corrected chi connectivity index (χ3v) is 2.32. The number of hydrogen-bond acceptors (Lipinski definition) is 4. The van der Waals surface area contributed by atoms with E-state index in [1.165, 1.54) is 6.33 Å². The first-order valence-electron chi connectivity index (χ1n) is 5.33. The summed E-state index contributed by atoms with van der Waals surface area (Å²) in [5, 5.41) is 10.1. The SMILES string of the molecule is CCCNC(C1=CCCO1)c1ncn[nH]1. The van der Waals surface area contributed by atoms with Crippen LogP contribution in [0.3, 0.4) is 0 Å². The molecule has 5 heteroatoms. The third kappa shape index (κ3) is 2.36. The summed E-state index contributed by atoms with van der Waals surface area (Å²) in [6.07, 6.45) is 5.69. The maximum atomic E-state index is 5.55. The van der Waals surface area contributed by atoms with Gasteiger partial charge in [0.25, 0.3) is 0 Å². The molecule has 1 aliphatic rings. The monoisotopic (exact) mass is 208 g/mol. The normalized spacial score (nSPS) is 17.3. The van der Waals surface area contributed by atoms with E-state index in [4.69, 9.17) is 4.74 Å². The minimum Gasteiger partial charge on any atom is -0.496 e. The summed E-state index contributed by atoms with van der Waals surface area (Å²) in [5.41, 5.74) is 0. The van der Waals surface area contributed by atoms with Crippen LogP contribution in [0.15, 0.2) is 18.2 Å². The fraction of sp³-hybridized carbons (Fsp3) is 0.600. The Balaban J connectivity index is 2.09. The van der Waals surface area contributed by atoms with Gasteiger partial charge in [0, 0.05) is 6.42 Å².